The van der Waals surface area contributed by atoms with Gasteiger partial charge in [-0.15, -0.1) is 0 Å². The third kappa shape index (κ3) is 6.62. The van der Waals surface area contributed by atoms with Crippen LogP contribution in [0.2, 0.25) is 0 Å². The zero-order chi connectivity index (χ0) is 22.1. The highest BCUT2D eigenvalue weighted by molar-refractivity contribution is 5.94. The van der Waals surface area contributed by atoms with Gasteiger partial charge in [-0.2, -0.15) is 0 Å². The number of piperazine rings is 1. The quantitative estimate of drug-likeness (QED) is 0.656. The van der Waals surface area contributed by atoms with E-state index in [0.29, 0.717) is 36.7 Å². The van der Waals surface area contributed by atoms with Crippen LogP contribution in [0.25, 0.3) is 0 Å². The van der Waals surface area contributed by atoms with Gasteiger partial charge in [-0.1, -0.05) is 6.07 Å². The second kappa shape index (κ2) is 11.2. The molecule has 0 aromatic heterocycles. The lowest BCUT2D eigenvalue weighted by molar-refractivity contribution is -0.135. The highest BCUT2D eigenvalue weighted by Gasteiger charge is 2.21. The van der Waals surface area contributed by atoms with Crippen molar-refractivity contribution in [2.24, 2.45) is 0 Å². The number of carbonyl (C=O) groups excluding carboxylic acids is 2. The van der Waals surface area contributed by atoms with Crippen molar-refractivity contribution in [3.8, 4) is 17.2 Å². The van der Waals surface area contributed by atoms with Crippen molar-refractivity contribution in [2.45, 2.75) is 0 Å². The van der Waals surface area contributed by atoms with Crippen LogP contribution in [0.3, 0.4) is 0 Å². The Kier molecular flexibility index (Phi) is 8.12. The van der Waals surface area contributed by atoms with E-state index in [9.17, 15) is 9.59 Å². The van der Waals surface area contributed by atoms with Crippen LogP contribution in [0.4, 0.5) is 0 Å². The van der Waals surface area contributed by atoms with E-state index in [1.54, 1.807) is 50.6 Å². The highest BCUT2D eigenvalue weighted by Crippen LogP contribution is 2.19. The van der Waals surface area contributed by atoms with E-state index in [2.05, 4.69) is 10.2 Å². The summed E-state index contributed by atoms with van der Waals surface area (Å²) in [5.41, 5.74) is 0.604. The minimum absolute atomic E-state index is 0.00505. The fourth-order valence-corrected chi connectivity index (χ4v) is 3.32. The molecule has 31 heavy (non-hydrogen) atoms. The molecule has 2 aromatic rings. The van der Waals surface area contributed by atoms with Gasteiger partial charge in [-0.25, -0.2) is 0 Å². The Morgan fingerprint density at radius 1 is 0.903 bits per heavy atom. The molecular formula is C23H29N3O5. The molecule has 0 saturated carbocycles. The van der Waals surface area contributed by atoms with Crippen molar-refractivity contribution in [3.05, 3.63) is 54.1 Å². The highest BCUT2D eigenvalue weighted by atomic mass is 16.5. The van der Waals surface area contributed by atoms with Gasteiger partial charge in [0.25, 0.3) is 11.8 Å². The maximum atomic E-state index is 12.4. The van der Waals surface area contributed by atoms with E-state index < -0.39 is 0 Å². The molecule has 0 radical (unpaired) electrons. The summed E-state index contributed by atoms with van der Waals surface area (Å²) in [4.78, 5) is 28.7. The van der Waals surface area contributed by atoms with Crippen molar-refractivity contribution < 1.29 is 23.8 Å². The normalized spacial score (nSPS) is 14.1. The molecule has 1 aliphatic heterocycles. The SMILES string of the molecule is COc1ccc(C(=O)NCCN2CCN(C(=O)COc3cccc(OC)c3)CC2)cc1. The first-order chi connectivity index (χ1) is 15.1. The molecule has 1 heterocycles. The molecular weight excluding hydrogens is 398 g/mol. The predicted octanol–water partition coefficient (Wildman–Crippen LogP) is 1.66. The maximum Gasteiger partial charge on any atom is 0.260 e. The molecule has 0 aliphatic carbocycles. The lowest BCUT2D eigenvalue weighted by atomic mass is 10.2. The molecule has 8 nitrogen and oxygen atoms in total. The van der Waals surface area contributed by atoms with Crippen LogP contribution in [0.5, 0.6) is 17.2 Å². The summed E-state index contributed by atoms with van der Waals surface area (Å²) in [5.74, 6) is 1.89. The molecule has 2 amide bonds. The summed E-state index contributed by atoms with van der Waals surface area (Å²) in [6, 6.07) is 14.2. The second-order valence-corrected chi connectivity index (χ2v) is 7.17. The second-order valence-electron chi connectivity index (χ2n) is 7.17. The minimum atomic E-state index is -0.105. The van der Waals surface area contributed by atoms with Crippen LogP contribution in [-0.2, 0) is 4.79 Å². The molecule has 0 bridgehead atoms. The van der Waals surface area contributed by atoms with Crippen molar-refractivity contribution in [2.75, 3.05) is 60.1 Å². The number of amides is 2. The van der Waals surface area contributed by atoms with Gasteiger partial charge >= 0.3 is 0 Å². The van der Waals surface area contributed by atoms with Gasteiger partial charge in [0.15, 0.2) is 6.61 Å². The van der Waals surface area contributed by atoms with Crippen LogP contribution in [0.1, 0.15) is 10.4 Å². The fraction of sp³-hybridized carbons (Fsp3) is 0.391. The van der Waals surface area contributed by atoms with Gasteiger partial charge in [0.1, 0.15) is 17.2 Å². The summed E-state index contributed by atoms with van der Waals surface area (Å²) in [6.45, 7) is 4.12. The number of benzene rings is 2. The van der Waals surface area contributed by atoms with Crippen LogP contribution in [0.15, 0.2) is 48.5 Å². The molecule has 2 aromatic carbocycles. The number of methoxy groups -OCH3 is 2. The lowest BCUT2D eigenvalue weighted by Crippen LogP contribution is -2.51. The van der Waals surface area contributed by atoms with Crippen molar-refractivity contribution in [1.82, 2.24) is 15.1 Å². The van der Waals surface area contributed by atoms with Gasteiger partial charge in [0.2, 0.25) is 0 Å². The summed E-state index contributed by atoms with van der Waals surface area (Å²) in [7, 11) is 3.18. The molecule has 0 unspecified atom stereocenters. The van der Waals surface area contributed by atoms with Crippen LogP contribution >= 0.6 is 0 Å². The van der Waals surface area contributed by atoms with Gasteiger partial charge < -0.3 is 24.4 Å². The third-order valence-corrected chi connectivity index (χ3v) is 5.19. The van der Waals surface area contributed by atoms with Crippen LogP contribution < -0.4 is 19.5 Å². The number of nitrogens with one attached hydrogen (secondary N) is 1. The smallest absolute Gasteiger partial charge is 0.260 e. The van der Waals surface area contributed by atoms with E-state index in [1.165, 1.54) is 0 Å². The number of nitrogens with zero attached hydrogens (tertiary/aromatic N) is 2. The van der Waals surface area contributed by atoms with Gasteiger partial charge in [0, 0.05) is 50.9 Å². The first-order valence-corrected chi connectivity index (χ1v) is 10.3. The van der Waals surface area contributed by atoms with Gasteiger partial charge in [0.05, 0.1) is 14.2 Å². The topological polar surface area (TPSA) is 80.3 Å². The average molecular weight is 428 g/mol. The molecule has 1 N–H and O–H groups in total. The lowest BCUT2D eigenvalue weighted by Gasteiger charge is -2.34. The third-order valence-electron chi connectivity index (χ3n) is 5.19. The van der Waals surface area contributed by atoms with Gasteiger partial charge in [-0.3, -0.25) is 14.5 Å². The molecule has 166 valence electrons. The molecule has 1 saturated heterocycles. The number of carbonyl (C=O) groups is 2. The van der Waals surface area contributed by atoms with E-state index >= 15 is 0 Å². The van der Waals surface area contributed by atoms with E-state index in [4.69, 9.17) is 14.2 Å². The first-order valence-electron chi connectivity index (χ1n) is 10.3. The number of hydrogen-bond donors (Lipinski definition) is 1. The number of ether oxygens (including phenoxy) is 3. The monoisotopic (exact) mass is 427 g/mol. The molecule has 0 spiro atoms. The maximum absolute atomic E-state index is 12.4. The van der Waals surface area contributed by atoms with Gasteiger partial charge in [-0.05, 0) is 36.4 Å². The Hall–Kier alpha value is -3.26. The zero-order valence-electron chi connectivity index (χ0n) is 18.0. The Bertz CT molecular complexity index is 864. The molecule has 1 aliphatic rings. The summed E-state index contributed by atoms with van der Waals surface area (Å²) in [6.07, 6.45) is 0. The van der Waals surface area contributed by atoms with E-state index in [-0.39, 0.29) is 18.4 Å². The molecule has 8 heteroatoms. The Morgan fingerprint density at radius 2 is 1.58 bits per heavy atom. The Morgan fingerprint density at radius 3 is 2.26 bits per heavy atom. The standard InChI is InChI=1S/C23H29N3O5/c1-29-19-8-6-18(7-9-19)23(28)24-10-11-25-12-14-26(15-13-25)22(27)17-31-21-5-3-4-20(16-21)30-2/h3-9,16H,10-15,17H2,1-2H3,(H,24,28). The molecule has 1 fully saturated rings. The largest absolute Gasteiger partial charge is 0.497 e. The fourth-order valence-electron chi connectivity index (χ4n) is 3.32. The molecule has 0 atom stereocenters. The first kappa shape index (κ1) is 22.4. The van der Waals surface area contributed by atoms with E-state index in [0.717, 1.165) is 25.4 Å². The molecule has 3 rings (SSSR count). The minimum Gasteiger partial charge on any atom is -0.497 e. The van der Waals surface area contributed by atoms with Crippen molar-refractivity contribution >= 4 is 11.8 Å². The number of rotatable bonds is 9. The van der Waals surface area contributed by atoms with Crippen molar-refractivity contribution in [3.63, 3.8) is 0 Å². The number of hydrogen-bond acceptors (Lipinski definition) is 6. The Labute approximate surface area is 182 Å². The summed E-state index contributed by atoms with van der Waals surface area (Å²) < 4.78 is 15.9. The van der Waals surface area contributed by atoms with Crippen LogP contribution in [0, 0.1) is 0 Å². The predicted molar refractivity (Wildman–Crippen MR) is 117 cm³/mol. The van der Waals surface area contributed by atoms with E-state index in [1.807, 2.05) is 17.0 Å². The Balaban J connectivity index is 1.34. The zero-order valence-corrected chi connectivity index (χ0v) is 18.0. The van der Waals surface area contributed by atoms with Crippen LogP contribution in [-0.4, -0.2) is 81.7 Å². The summed E-state index contributed by atoms with van der Waals surface area (Å²) in [5, 5.41) is 2.93. The summed E-state index contributed by atoms with van der Waals surface area (Å²) >= 11 is 0. The van der Waals surface area contributed by atoms with Crippen molar-refractivity contribution in [1.29, 1.82) is 0 Å². The average Bonchev–Trinajstić information content (AvgIpc) is 2.83.